The third-order valence-corrected chi connectivity index (χ3v) is 15.7. The Hall–Kier alpha value is -7.66. The van der Waals surface area contributed by atoms with Gasteiger partial charge in [0.2, 0.25) is 0 Å². The van der Waals surface area contributed by atoms with E-state index in [9.17, 15) is 9.59 Å². The molecule has 6 unspecified atom stereocenters. The molecule has 2 heterocycles. The normalized spacial score (nSPS) is 17.6. The number of rotatable bonds is 16. The van der Waals surface area contributed by atoms with Crippen molar-refractivity contribution >= 4 is 34.7 Å². The van der Waals surface area contributed by atoms with E-state index in [4.69, 9.17) is 90.0 Å². The van der Waals surface area contributed by atoms with Gasteiger partial charge in [0.1, 0.15) is 49.9 Å². The van der Waals surface area contributed by atoms with Crippen LogP contribution in [0.2, 0.25) is 0 Å². The molecule has 0 N–H and O–H groups in total. The van der Waals surface area contributed by atoms with Gasteiger partial charge in [0, 0.05) is 97.3 Å². The Balaban J connectivity index is 0. The minimum atomic E-state index is -0.237. The van der Waals surface area contributed by atoms with Gasteiger partial charge in [0.15, 0.2) is 11.4 Å². The number of hydrogen-bond acceptors (Lipinski definition) is 14. The van der Waals surface area contributed by atoms with E-state index in [1.807, 2.05) is 50.2 Å². The van der Waals surface area contributed by atoms with Gasteiger partial charge in [-0.15, -0.1) is 0 Å². The Labute approximate surface area is 523 Å². The fourth-order valence-electron chi connectivity index (χ4n) is 12.2. The summed E-state index contributed by atoms with van der Waals surface area (Å²) in [5.74, 6) is 2.28. The number of benzene rings is 4. The third kappa shape index (κ3) is 19.2. The van der Waals surface area contributed by atoms with E-state index in [0.717, 1.165) is 114 Å². The van der Waals surface area contributed by atoms with Gasteiger partial charge < -0.3 is 99.8 Å². The fourth-order valence-corrected chi connectivity index (χ4v) is 12.2. The van der Waals surface area contributed by atoms with Crippen LogP contribution in [0, 0.1) is 82.8 Å². The van der Waals surface area contributed by atoms with Crippen molar-refractivity contribution in [2.24, 2.45) is 11.8 Å². The van der Waals surface area contributed by atoms with Gasteiger partial charge in [-0.1, -0.05) is 48.5 Å². The van der Waals surface area contributed by atoms with E-state index in [1.165, 1.54) is 33.9 Å². The number of anilines is 2. The summed E-state index contributed by atoms with van der Waals surface area (Å²) < 4.78 is 29.5. The molecule has 2 aliphatic heterocycles. The van der Waals surface area contributed by atoms with Crippen LogP contribution < -0.4 is 19.3 Å². The molecule has 4 aliphatic rings. The van der Waals surface area contributed by atoms with Crippen LogP contribution in [-0.4, -0.2) is 110 Å². The summed E-state index contributed by atoms with van der Waals surface area (Å²) in [6.45, 7) is 58.6. The Morgan fingerprint density at radius 2 is 0.798 bits per heavy atom. The minimum Gasteiger partial charge on any atom is -0.512 e. The number of carbonyl (C=O) groups is 2. The fraction of sp³-hybridized carbons (Fsp3) is 0.485. The standard InChI is InChI=1S/2C30H41N2O3.6CN.Cu.Fe/c2*1-6-31(7-2)21-15-17-25-27(19-21)35-28-20-22(32(8-3)9-4)16-18-26(28)29(25)23-13-11-12-14-24(23)30(33)34-10-5;6*1-2;;/h2*11-15,17,19,26,28-29H,6-10,16,18,20H2,1-5H3;;;;;;;;/q2*+1;6*-1;2*+2. The second-order valence-corrected chi connectivity index (χ2v) is 19.0. The van der Waals surface area contributed by atoms with Gasteiger partial charge in [-0.05, 0) is 117 Å². The zero-order valence-corrected chi connectivity index (χ0v) is 52.5. The Bertz CT molecular complexity index is 2590. The van der Waals surface area contributed by atoms with Gasteiger partial charge >= 0.3 is 46.1 Å². The average molecular weight is 1230 g/mol. The maximum Gasteiger partial charge on any atom is 2.00 e. The largest absolute Gasteiger partial charge is 2.00 e. The van der Waals surface area contributed by atoms with Crippen molar-refractivity contribution in [2.45, 2.75) is 132 Å². The summed E-state index contributed by atoms with van der Waals surface area (Å²) in [7, 11) is 0. The van der Waals surface area contributed by atoms with E-state index in [2.05, 4.69) is 123 Å². The predicted molar refractivity (Wildman–Crippen MR) is 315 cm³/mol. The van der Waals surface area contributed by atoms with Crippen LogP contribution in [0.4, 0.5) is 11.4 Å². The Kier molecular flexibility index (Phi) is 40.2. The van der Waals surface area contributed by atoms with Crippen LogP contribution in [0.5, 0.6) is 11.5 Å². The third-order valence-electron chi connectivity index (χ3n) is 15.7. The van der Waals surface area contributed by atoms with Crippen LogP contribution in [0.25, 0.3) is 0 Å². The molecule has 0 saturated heterocycles. The molecule has 4 aromatic rings. The zero-order chi connectivity index (χ0) is 61.9. The molecule has 451 valence electrons. The molecule has 2 fully saturated rings. The second-order valence-electron chi connectivity index (χ2n) is 19.0. The van der Waals surface area contributed by atoms with Crippen molar-refractivity contribution in [1.82, 2.24) is 0 Å². The molecule has 0 amide bonds. The summed E-state index contributed by atoms with van der Waals surface area (Å²) in [5.41, 5.74) is 11.2. The number of esters is 2. The van der Waals surface area contributed by atoms with E-state index in [1.54, 1.807) is 0 Å². The van der Waals surface area contributed by atoms with Crippen molar-refractivity contribution in [3.8, 4) is 11.5 Å². The summed E-state index contributed by atoms with van der Waals surface area (Å²) in [4.78, 5) is 30.6. The van der Waals surface area contributed by atoms with Crippen molar-refractivity contribution in [3.63, 3.8) is 0 Å². The minimum absolute atomic E-state index is 0. The molecular weight excluding hydrogens is 1150 g/mol. The molecule has 84 heavy (non-hydrogen) atoms. The first-order valence-electron chi connectivity index (χ1n) is 28.3. The summed E-state index contributed by atoms with van der Waals surface area (Å²) in [6, 6.07) is 29.3. The SMILES string of the molecule is CCOC(=O)c1ccccc1C1c2ccc(N(CC)CC)cc2OC2CC(=[N+](CC)CC)CCC21.CCOC(=O)c1ccccc1C1c2ccc(N(CC)CC)cc2OC2CC(=[N+](CC)CC)CCC21.[C-]#N.[C-]#N.[C-]#N.[C-]#N.[C-]#N.[C-]#N.[Cu+2].[Fe+2]. The smallest absolute Gasteiger partial charge is 0.512 e. The maximum atomic E-state index is 12.9. The number of carbonyl (C=O) groups excluding carboxylic acids is 2. The molecule has 1 radical (unpaired) electrons. The van der Waals surface area contributed by atoms with Crippen molar-refractivity contribution in [2.75, 3.05) is 75.4 Å². The number of fused-ring (bicyclic) bond motifs is 4. The first kappa shape index (κ1) is 78.4. The zero-order valence-electron chi connectivity index (χ0n) is 50.4. The van der Waals surface area contributed by atoms with Crippen molar-refractivity contribution in [3.05, 3.63) is 158 Å². The molecule has 0 spiro atoms. The van der Waals surface area contributed by atoms with Crippen LogP contribution in [0.3, 0.4) is 0 Å². The molecular formula is C66H82CuFeN10O6. The number of ether oxygens (including phenoxy) is 4. The Morgan fingerprint density at radius 3 is 1.08 bits per heavy atom. The van der Waals surface area contributed by atoms with Gasteiger partial charge in [-0.2, -0.15) is 0 Å². The molecule has 2 saturated carbocycles. The molecule has 0 aromatic heterocycles. The molecule has 18 heteroatoms. The van der Waals surface area contributed by atoms with E-state index >= 15 is 0 Å². The molecule has 0 bridgehead atoms. The topological polar surface area (TPSA) is 226 Å². The first-order valence-corrected chi connectivity index (χ1v) is 28.3. The van der Waals surface area contributed by atoms with Crippen molar-refractivity contribution < 1.29 is 71.8 Å². The summed E-state index contributed by atoms with van der Waals surface area (Å²) >= 11 is 0. The van der Waals surface area contributed by atoms with Crippen LogP contribution in [0.1, 0.15) is 163 Å². The molecule has 2 aliphatic carbocycles. The average Bonchev–Trinajstić information content (AvgIpc) is 2.10. The summed E-state index contributed by atoms with van der Waals surface area (Å²) in [5, 5.41) is 37.5. The van der Waals surface area contributed by atoms with Gasteiger partial charge in [-0.25, -0.2) is 18.7 Å². The van der Waals surface area contributed by atoms with Crippen LogP contribution in [-0.2, 0) is 43.6 Å². The van der Waals surface area contributed by atoms with Gasteiger partial charge in [0.25, 0.3) is 0 Å². The first-order chi connectivity index (χ1) is 40.1. The maximum absolute atomic E-state index is 12.9. The molecule has 16 nitrogen and oxygen atoms in total. The Morgan fingerprint density at radius 1 is 0.488 bits per heavy atom. The second kappa shape index (κ2) is 43.1. The quantitative estimate of drug-likeness (QED) is 0.0440. The van der Waals surface area contributed by atoms with Gasteiger partial charge in [0.05, 0.1) is 37.2 Å². The number of hydrogen-bond donors (Lipinski definition) is 0. The van der Waals surface area contributed by atoms with Crippen LogP contribution in [0.15, 0.2) is 84.9 Å². The predicted octanol–water partition coefficient (Wildman–Crippen LogP) is 12.4. The van der Waals surface area contributed by atoms with Crippen LogP contribution >= 0.6 is 0 Å². The van der Waals surface area contributed by atoms with Crippen molar-refractivity contribution in [1.29, 1.82) is 31.6 Å². The molecule has 8 rings (SSSR count). The van der Waals surface area contributed by atoms with E-state index in [-0.39, 0.29) is 70.1 Å². The van der Waals surface area contributed by atoms with Gasteiger partial charge in [-0.3, -0.25) is 0 Å². The van der Waals surface area contributed by atoms with E-state index in [0.29, 0.717) is 36.2 Å². The molecule has 4 aromatic carbocycles. The monoisotopic (exact) mass is 1230 g/mol. The molecule has 6 atom stereocenters. The number of nitrogens with zero attached hydrogens (tertiary/aromatic N) is 10. The summed E-state index contributed by atoms with van der Waals surface area (Å²) in [6.07, 6.45) is 6.34. The van der Waals surface area contributed by atoms with E-state index < -0.39 is 0 Å².